The molecular weight excluding hydrogens is 356 g/mol. The number of halogens is 1. The number of sulfonamides is 1. The van der Waals surface area contributed by atoms with Crippen molar-refractivity contribution in [3.05, 3.63) is 53.1 Å². The van der Waals surface area contributed by atoms with E-state index in [4.69, 9.17) is 11.6 Å². The zero-order chi connectivity index (χ0) is 17.0. The van der Waals surface area contributed by atoms with Crippen LogP contribution in [0.15, 0.2) is 52.3 Å². The minimum atomic E-state index is -3.50. The highest BCUT2D eigenvalue weighted by Gasteiger charge is 2.13. The van der Waals surface area contributed by atoms with Gasteiger partial charge in [-0.3, -0.25) is 4.79 Å². The summed E-state index contributed by atoms with van der Waals surface area (Å²) in [5.41, 5.74) is 0.848. The molecule has 2 rings (SSSR count). The van der Waals surface area contributed by atoms with Gasteiger partial charge < -0.3 is 5.32 Å². The summed E-state index contributed by atoms with van der Waals surface area (Å²) in [5, 5.41) is 3.06. The number of anilines is 1. The molecule has 0 saturated carbocycles. The molecule has 1 amide bonds. The van der Waals surface area contributed by atoms with Crippen molar-refractivity contribution in [3.63, 3.8) is 0 Å². The molecule has 0 unspecified atom stereocenters. The van der Waals surface area contributed by atoms with Crippen molar-refractivity contribution >= 4 is 45.0 Å². The largest absolute Gasteiger partial charge is 0.322 e. The summed E-state index contributed by atoms with van der Waals surface area (Å²) in [7, 11) is -2.16. The topological polar surface area (TPSA) is 75.3 Å². The number of nitrogens with one attached hydrogen (secondary N) is 2. The fourth-order valence-corrected chi connectivity index (χ4v) is 3.21. The standard InChI is InChI=1S/C15H15ClN2O3S2/c1-17-23(20,21)12-6-3-10(4-7-12)18-15(19)13-9-11(22-2)5-8-14(13)16/h3-9,17H,1-2H3,(H,18,19). The quantitative estimate of drug-likeness (QED) is 0.792. The third-order valence-corrected chi connectivity index (χ3v) is 5.59. The van der Waals surface area contributed by atoms with Gasteiger partial charge in [-0.1, -0.05) is 11.6 Å². The maximum atomic E-state index is 12.3. The Balaban J connectivity index is 2.21. The average molecular weight is 371 g/mol. The summed E-state index contributed by atoms with van der Waals surface area (Å²) in [4.78, 5) is 13.4. The molecular formula is C15H15ClN2O3S2. The van der Waals surface area contributed by atoms with Crippen molar-refractivity contribution in [2.24, 2.45) is 0 Å². The molecule has 2 aromatic rings. The zero-order valence-corrected chi connectivity index (χ0v) is 14.8. The highest BCUT2D eigenvalue weighted by atomic mass is 35.5. The molecule has 0 bridgehead atoms. The predicted molar refractivity (Wildman–Crippen MR) is 93.9 cm³/mol. The third-order valence-electron chi connectivity index (χ3n) is 3.11. The first-order valence-electron chi connectivity index (χ1n) is 6.56. The summed E-state index contributed by atoms with van der Waals surface area (Å²) in [5.74, 6) is -0.352. The van der Waals surface area contributed by atoms with Crippen LogP contribution in [-0.2, 0) is 10.0 Å². The van der Waals surface area contributed by atoms with Crippen molar-refractivity contribution in [1.82, 2.24) is 4.72 Å². The van der Waals surface area contributed by atoms with Gasteiger partial charge in [0.25, 0.3) is 5.91 Å². The molecule has 23 heavy (non-hydrogen) atoms. The lowest BCUT2D eigenvalue weighted by Crippen LogP contribution is -2.18. The van der Waals surface area contributed by atoms with Gasteiger partial charge in [0.1, 0.15) is 0 Å². The van der Waals surface area contributed by atoms with Gasteiger partial charge in [-0.2, -0.15) is 0 Å². The van der Waals surface area contributed by atoms with Crippen LogP contribution in [0.4, 0.5) is 5.69 Å². The SMILES string of the molecule is CNS(=O)(=O)c1ccc(NC(=O)c2cc(SC)ccc2Cl)cc1. The van der Waals surface area contributed by atoms with E-state index in [1.54, 1.807) is 12.1 Å². The van der Waals surface area contributed by atoms with E-state index in [0.29, 0.717) is 16.3 Å². The highest BCUT2D eigenvalue weighted by molar-refractivity contribution is 7.98. The van der Waals surface area contributed by atoms with E-state index < -0.39 is 10.0 Å². The number of carbonyl (C=O) groups excluding carboxylic acids is 1. The lowest BCUT2D eigenvalue weighted by atomic mass is 10.2. The molecule has 0 saturated heterocycles. The molecule has 8 heteroatoms. The number of carbonyl (C=O) groups is 1. The van der Waals surface area contributed by atoms with Crippen LogP contribution in [0.3, 0.4) is 0 Å². The van der Waals surface area contributed by atoms with E-state index in [1.165, 1.54) is 43.1 Å². The van der Waals surface area contributed by atoms with Crippen LogP contribution in [0, 0.1) is 0 Å². The molecule has 2 aromatic carbocycles. The summed E-state index contributed by atoms with van der Waals surface area (Å²) in [6.07, 6.45) is 1.91. The Morgan fingerprint density at radius 3 is 2.35 bits per heavy atom. The second-order valence-corrected chi connectivity index (χ2v) is 7.71. The second kappa shape index (κ2) is 7.35. The van der Waals surface area contributed by atoms with Gasteiger partial charge in [0.2, 0.25) is 10.0 Å². The van der Waals surface area contributed by atoms with Crippen LogP contribution in [0.25, 0.3) is 0 Å². The maximum Gasteiger partial charge on any atom is 0.257 e. The molecule has 0 aliphatic carbocycles. The fourth-order valence-electron chi connectivity index (χ4n) is 1.84. The summed E-state index contributed by atoms with van der Waals surface area (Å²) in [6, 6.07) is 11.1. The number of hydrogen-bond acceptors (Lipinski definition) is 4. The number of benzene rings is 2. The van der Waals surface area contributed by atoms with Crippen molar-refractivity contribution in [3.8, 4) is 0 Å². The Morgan fingerprint density at radius 2 is 1.78 bits per heavy atom. The van der Waals surface area contributed by atoms with Gasteiger partial charge in [-0.05, 0) is 55.8 Å². The van der Waals surface area contributed by atoms with E-state index in [-0.39, 0.29) is 10.8 Å². The molecule has 0 aliphatic heterocycles. The van der Waals surface area contributed by atoms with Crippen molar-refractivity contribution < 1.29 is 13.2 Å². The van der Waals surface area contributed by atoms with Gasteiger partial charge in [0.05, 0.1) is 15.5 Å². The molecule has 0 radical (unpaired) electrons. The van der Waals surface area contributed by atoms with Crippen LogP contribution in [0.5, 0.6) is 0 Å². The van der Waals surface area contributed by atoms with Crippen LogP contribution in [-0.4, -0.2) is 27.6 Å². The fraction of sp³-hybridized carbons (Fsp3) is 0.133. The molecule has 0 spiro atoms. The summed E-state index contributed by atoms with van der Waals surface area (Å²) in [6.45, 7) is 0. The zero-order valence-electron chi connectivity index (χ0n) is 12.5. The van der Waals surface area contributed by atoms with Crippen molar-refractivity contribution in [2.75, 3.05) is 18.6 Å². The van der Waals surface area contributed by atoms with Gasteiger partial charge in [0, 0.05) is 10.6 Å². The molecule has 0 aliphatic rings. The molecule has 0 fully saturated rings. The smallest absolute Gasteiger partial charge is 0.257 e. The molecule has 0 heterocycles. The van der Waals surface area contributed by atoms with E-state index in [9.17, 15) is 13.2 Å². The number of rotatable bonds is 5. The minimum absolute atomic E-state index is 0.125. The van der Waals surface area contributed by atoms with E-state index >= 15 is 0 Å². The lowest BCUT2D eigenvalue weighted by Gasteiger charge is -2.09. The summed E-state index contributed by atoms with van der Waals surface area (Å²) >= 11 is 7.57. The van der Waals surface area contributed by atoms with E-state index in [1.807, 2.05) is 12.3 Å². The molecule has 0 aromatic heterocycles. The first-order chi connectivity index (χ1) is 10.9. The Morgan fingerprint density at radius 1 is 1.13 bits per heavy atom. The molecule has 5 nitrogen and oxygen atoms in total. The maximum absolute atomic E-state index is 12.3. The third kappa shape index (κ3) is 4.26. The number of thioether (sulfide) groups is 1. The predicted octanol–water partition coefficient (Wildman–Crippen LogP) is 3.22. The van der Waals surface area contributed by atoms with Gasteiger partial charge in [0.15, 0.2) is 0 Å². The van der Waals surface area contributed by atoms with Gasteiger partial charge >= 0.3 is 0 Å². The Kier molecular flexibility index (Phi) is 5.69. The number of amides is 1. The van der Waals surface area contributed by atoms with Crippen molar-refractivity contribution in [1.29, 1.82) is 0 Å². The van der Waals surface area contributed by atoms with Gasteiger partial charge in [-0.15, -0.1) is 11.8 Å². The van der Waals surface area contributed by atoms with E-state index in [2.05, 4.69) is 10.0 Å². The first kappa shape index (κ1) is 17.8. The van der Waals surface area contributed by atoms with Crippen LogP contribution in [0.1, 0.15) is 10.4 Å². The van der Waals surface area contributed by atoms with Gasteiger partial charge in [-0.25, -0.2) is 13.1 Å². The Bertz CT molecular complexity index is 821. The minimum Gasteiger partial charge on any atom is -0.322 e. The highest BCUT2D eigenvalue weighted by Crippen LogP contribution is 2.24. The van der Waals surface area contributed by atoms with E-state index in [0.717, 1.165) is 4.90 Å². The molecule has 122 valence electrons. The average Bonchev–Trinajstić information content (AvgIpc) is 2.55. The van der Waals surface area contributed by atoms with Crippen LogP contribution in [0.2, 0.25) is 5.02 Å². The van der Waals surface area contributed by atoms with Crippen LogP contribution >= 0.6 is 23.4 Å². The summed E-state index contributed by atoms with van der Waals surface area (Å²) < 4.78 is 25.5. The number of hydrogen-bond donors (Lipinski definition) is 2. The molecule has 0 atom stereocenters. The van der Waals surface area contributed by atoms with Crippen molar-refractivity contribution in [2.45, 2.75) is 9.79 Å². The van der Waals surface area contributed by atoms with Crippen LogP contribution < -0.4 is 10.0 Å². The monoisotopic (exact) mass is 370 g/mol. The normalized spacial score (nSPS) is 11.3. The molecule has 2 N–H and O–H groups in total. The first-order valence-corrected chi connectivity index (χ1v) is 9.64. The second-order valence-electron chi connectivity index (χ2n) is 4.53. The Labute approximate surface area is 144 Å². The lowest BCUT2D eigenvalue weighted by molar-refractivity contribution is 0.102. The Hall–Kier alpha value is -1.54.